The highest BCUT2D eigenvalue weighted by Crippen LogP contribution is 2.33. The summed E-state index contributed by atoms with van der Waals surface area (Å²) < 4.78 is 1.51. The van der Waals surface area contributed by atoms with Crippen molar-refractivity contribution in [3.63, 3.8) is 0 Å². The first kappa shape index (κ1) is 19.7. The average Bonchev–Trinajstić information content (AvgIpc) is 3.00. The van der Waals surface area contributed by atoms with Crippen LogP contribution >= 0.6 is 23.2 Å². The maximum Gasteiger partial charge on any atom is 0.224 e. The zero-order chi connectivity index (χ0) is 21.4. The lowest BCUT2D eigenvalue weighted by atomic mass is 10.0. The van der Waals surface area contributed by atoms with Gasteiger partial charge in [-0.2, -0.15) is 20.3 Å². The predicted molar refractivity (Wildman–Crippen MR) is 116 cm³/mol. The first-order valence-corrected chi connectivity index (χ1v) is 9.54. The molecule has 4 aromatic rings. The highest BCUT2D eigenvalue weighted by Gasteiger charge is 2.21. The minimum Gasteiger partial charge on any atom is -0.382 e. The van der Waals surface area contributed by atoms with Gasteiger partial charge in [0.2, 0.25) is 5.95 Å². The molecule has 5 N–H and O–H groups in total. The summed E-state index contributed by atoms with van der Waals surface area (Å²) in [5.74, 6) is 0.191. The number of aromatic nitrogens is 5. The van der Waals surface area contributed by atoms with Crippen LogP contribution in [0.1, 0.15) is 24.1 Å². The van der Waals surface area contributed by atoms with E-state index in [9.17, 15) is 5.26 Å². The van der Waals surface area contributed by atoms with Gasteiger partial charge in [-0.3, -0.25) is 0 Å². The van der Waals surface area contributed by atoms with E-state index >= 15 is 0 Å². The van der Waals surface area contributed by atoms with E-state index in [1.807, 2.05) is 43.3 Å². The Hall–Kier alpha value is -3.61. The molecule has 1 aromatic carbocycles. The number of nitriles is 1. The maximum atomic E-state index is 9.43. The summed E-state index contributed by atoms with van der Waals surface area (Å²) in [4.78, 5) is 12.7. The number of nitrogens with two attached hydrogens (primary N) is 2. The average molecular weight is 440 g/mol. The van der Waals surface area contributed by atoms with Gasteiger partial charge in [0.05, 0.1) is 11.7 Å². The normalized spacial score (nSPS) is 11.9. The molecule has 11 heteroatoms. The second-order valence-electron chi connectivity index (χ2n) is 6.45. The molecule has 0 radical (unpaired) electrons. The predicted octanol–water partition coefficient (Wildman–Crippen LogP) is 3.70. The number of benzene rings is 1. The van der Waals surface area contributed by atoms with E-state index in [2.05, 4.69) is 20.4 Å². The van der Waals surface area contributed by atoms with Crippen LogP contribution in [0.3, 0.4) is 0 Å². The second-order valence-corrected chi connectivity index (χ2v) is 7.19. The number of hydrogen-bond donors (Lipinski definition) is 3. The van der Waals surface area contributed by atoms with Crippen LogP contribution in [0.2, 0.25) is 10.2 Å². The molecule has 0 aliphatic rings. The van der Waals surface area contributed by atoms with Gasteiger partial charge >= 0.3 is 0 Å². The molecule has 150 valence electrons. The van der Waals surface area contributed by atoms with E-state index in [1.54, 1.807) is 6.20 Å². The third-order valence-corrected chi connectivity index (χ3v) is 5.18. The van der Waals surface area contributed by atoms with Gasteiger partial charge in [-0.25, -0.2) is 9.50 Å². The standard InChI is InChI=1S/C19H15Cl2N9/c1-9(25-17-11(7-22)16(23)27-19(24)28-17)12-8-30-18(13(20)15(21)29-30)26-14(12)10-5-3-2-4-6-10/h2-6,8-9H,1H3,(H5,23,24,25,27,28)/t9-/m0/s1. The molecule has 30 heavy (non-hydrogen) atoms. The first-order valence-electron chi connectivity index (χ1n) is 8.78. The molecule has 4 rings (SSSR count). The van der Waals surface area contributed by atoms with E-state index in [0.29, 0.717) is 11.3 Å². The van der Waals surface area contributed by atoms with Crippen molar-refractivity contribution in [2.45, 2.75) is 13.0 Å². The molecule has 0 aliphatic carbocycles. The molecule has 3 aromatic heterocycles. The Kier molecular flexibility index (Phi) is 5.03. The quantitative estimate of drug-likeness (QED) is 0.436. The number of anilines is 3. The molecule has 1 atom stereocenters. The second kappa shape index (κ2) is 7.67. The Bertz CT molecular complexity index is 1300. The summed E-state index contributed by atoms with van der Waals surface area (Å²) in [5, 5.41) is 17.2. The van der Waals surface area contributed by atoms with Gasteiger partial charge in [0.15, 0.2) is 16.6 Å². The van der Waals surface area contributed by atoms with Crippen molar-refractivity contribution in [3.8, 4) is 17.3 Å². The first-order chi connectivity index (χ1) is 14.4. The summed E-state index contributed by atoms with van der Waals surface area (Å²) in [7, 11) is 0. The topological polar surface area (TPSA) is 144 Å². The molecule has 0 unspecified atom stereocenters. The van der Waals surface area contributed by atoms with Crippen LogP contribution in [-0.2, 0) is 0 Å². The minimum absolute atomic E-state index is 0.00204. The van der Waals surface area contributed by atoms with E-state index in [-0.39, 0.29) is 39.4 Å². The molecule has 3 heterocycles. The summed E-state index contributed by atoms with van der Waals surface area (Å²) >= 11 is 12.3. The third kappa shape index (κ3) is 3.43. The lowest BCUT2D eigenvalue weighted by molar-refractivity contribution is 0.830. The fraction of sp³-hybridized carbons (Fsp3) is 0.105. The van der Waals surface area contributed by atoms with Crippen molar-refractivity contribution in [1.82, 2.24) is 24.6 Å². The Balaban J connectivity index is 1.87. The number of nitrogen functional groups attached to an aromatic ring is 2. The third-order valence-electron chi connectivity index (χ3n) is 4.48. The van der Waals surface area contributed by atoms with Gasteiger partial charge in [-0.15, -0.1) is 0 Å². The van der Waals surface area contributed by atoms with Crippen LogP contribution in [0.4, 0.5) is 17.6 Å². The van der Waals surface area contributed by atoms with Gasteiger partial charge in [0.25, 0.3) is 0 Å². The van der Waals surface area contributed by atoms with Crippen molar-refractivity contribution >= 4 is 46.4 Å². The monoisotopic (exact) mass is 439 g/mol. The number of rotatable bonds is 4. The van der Waals surface area contributed by atoms with Gasteiger partial charge < -0.3 is 16.8 Å². The fourth-order valence-electron chi connectivity index (χ4n) is 3.07. The minimum atomic E-state index is -0.361. The Morgan fingerprint density at radius 1 is 1.13 bits per heavy atom. The lowest BCUT2D eigenvalue weighted by Crippen LogP contribution is -2.15. The zero-order valence-corrected chi connectivity index (χ0v) is 17.1. The number of fused-ring (bicyclic) bond motifs is 1. The fourth-order valence-corrected chi connectivity index (χ4v) is 3.40. The van der Waals surface area contributed by atoms with E-state index in [1.165, 1.54) is 4.52 Å². The highest BCUT2D eigenvalue weighted by atomic mass is 35.5. The Labute approximate surface area is 181 Å². The summed E-state index contributed by atoms with van der Waals surface area (Å²) in [5.41, 5.74) is 14.4. The van der Waals surface area contributed by atoms with Crippen LogP contribution in [0, 0.1) is 11.3 Å². The van der Waals surface area contributed by atoms with Gasteiger partial charge in [-0.1, -0.05) is 53.5 Å². The largest absolute Gasteiger partial charge is 0.382 e. The van der Waals surface area contributed by atoms with Crippen molar-refractivity contribution in [2.75, 3.05) is 16.8 Å². The van der Waals surface area contributed by atoms with E-state index in [0.717, 1.165) is 11.1 Å². The van der Waals surface area contributed by atoms with Gasteiger partial charge in [0, 0.05) is 17.3 Å². The maximum absolute atomic E-state index is 9.43. The Morgan fingerprint density at radius 3 is 2.57 bits per heavy atom. The molecule has 0 saturated carbocycles. The van der Waals surface area contributed by atoms with Crippen LogP contribution < -0.4 is 16.8 Å². The molecular weight excluding hydrogens is 425 g/mol. The molecule has 0 fully saturated rings. The van der Waals surface area contributed by atoms with Crippen molar-refractivity contribution in [1.29, 1.82) is 5.26 Å². The summed E-state index contributed by atoms with van der Waals surface area (Å²) in [6.45, 7) is 1.89. The summed E-state index contributed by atoms with van der Waals surface area (Å²) in [6.07, 6.45) is 1.78. The number of nitrogens with zero attached hydrogens (tertiary/aromatic N) is 6. The molecule has 0 aliphatic heterocycles. The van der Waals surface area contributed by atoms with Crippen LogP contribution in [0.5, 0.6) is 0 Å². The van der Waals surface area contributed by atoms with Gasteiger partial charge in [-0.05, 0) is 6.92 Å². The smallest absolute Gasteiger partial charge is 0.224 e. The lowest BCUT2D eigenvalue weighted by Gasteiger charge is -2.19. The van der Waals surface area contributed by atoms with E-state index in [4.69, 9.17) is 39.7 Å². The molecule has 0 bridgehead atoms. The van der Waals surface area contributed by atoms with Crippen LogP contribution in [-0.4, -0.2) is 24.6 Å². The molecule has 9 nitrogen and oxygen atoms in total. The zero-order valence-electron chi connectivity index (χ0n) is 15.6. The molecule has 0 spiro atoms. The number of halogens is 2. The number of hydrogen-bond acceptors (Lipinski definition) is 8. The number of nitrogens with one attached hydrogen (secondary N) is 1. The molecule has 0 amide bonds. The van der Waals surface area contributed by atoms with Gasteiger partial charge in [0.1, 0.15) is 22.5 Å². The van der Waals surface area contributed by atoms with E-state index < -0.39 is 0 Å². The van der Waals surface area contributed by atoms with Crippen molar-refractivity contribution < 1.29 is 0 Å². The highest BCUT2D eigenvalue weighted by molar-refractivity contribution is 6.43. The molecule has 0 saturated heterocycles. The Morgan fingerprint density at radius 2 is 1.87 bits per heavy atom. The van der Waals surface area contributed by atoms with Crippen LogP contribution in [0.25, 0.3) is 16.9 Å². The van der Waals surface area contributed by atoms with Crippen LogP contribution in [0.15, 0.2) is 36.5 Å². The summed E-state index contributed by atoms with van der Waals surface area (Å²) in [6, 6.07) is 11.2. The van der Waals surface area contributed by atoms with Crippen molar-refractivity contribution in [3.05, 3.63) is 57.8 Å². The SMILES string of the molecule is C[C@H](Nc1nc(N)nc(N)c1C#N)c1cn2nc(Cl)c(Cl)c2nc1-c1ccccc1. The van der Waals surface area contributed by atoms with Crippen molar-refractivity contribution in [2.24, 2.45) is 0 Å². The molecular formula is C19H15Cl2N9.